The van der Waals surface area contributed by atoms with Crippen molar-refractivity contribution < 1.29 is 4.79 Å². The number of anilines is 1. The van der Waals surface area contributed by atoms with Crippen molar-refractivity contribution in [3.8, 4) is 0 Å². The zero-order valence-electron chi connectivity index (χ0n) is 9.77. The van der Waals surface area contributed by atoms with E-state index in [2.05, 4.69) is 15.1 Å². The summed E-state index contributed by atoms with van der Waals surface area (Å²) in [5.41, 5.74) is 0.844. The highest BCUT2D eigenvalue weighted by molar-refractivity contribution is 6.30. The first kappa shape index (κ1) is 11.8. The van der Waals surface area contributed by atoms with Crippen LogP contribution in [0.2, 0.25) is 5.02 Å². The molecule has 0 saturated carbocycles. The number of carbonyl (C=O) groups is 1. The summed E-state index contributed by atoms with van der Waals surface area (Å²) in [6, 6.07) is 8.81. The predicted octanol–water partition coefficient (Wildman–Crippen LogP) is 2.25. The highest BCUT2D eigenvalue weighted by atomic mass is 35.5. The summed E-state index contributed by atoms with van der Waals surface area (Å²) in [5.74, 6) is -0.310. The summed E-state index contributed by atoms with van der Waals surface area (Å²) in [4.78, 5) is 20.3. The Balaban J connectivity index is 1.87. The lowest BCUT2D eigenvalue weighted by Crippen LogP contribution is -2.26. The Bertz CT molecular complexity index is 627. The van der Waals surface area contributed by atoms with Gasteiger partial charge in [0.1, 0.15) is 5.92 Å². The van der Waals surface area contributed by atoms with Crippen molar-refractivity contribution in [2.45, 2.75) is 5.92 Å². The Morgan fingerprint density at radius 3 is 2.47 bits per heavy atom. The largest absolute Gasteiger partial charge is 0.271 e. The van der Waals surface area contributed by atoms with Crippen LogP contribution in [0.3, 0.4) is 0 Å². The van der Waals surface area contributed by atoms with Crippen molar-refractivity contribution >= 4 is 29.7 Å². The molecular weight excluding hydrogens is 264 g/mol. The van der Waals surface area contributed by atoms with Crippen molar-refractivity contribution in [3.63, 3.8) is 0 Å². The fourth-order valence-corrected chi connectivity index (χ4v) is 1.96. The van der Waals surface area contributed by atoms with Gasteiger partial charge in [-0.1, -0.05) is 23.7 Å². The zero-order chi connectivity index (χ0) is 13.2. The third-order valence-electron chi connectivity index (χ3n) is 2.78. The molecule has 6 heteroatoms. The van der Waals surface area contributed by atoms with Gasteiger partial charge in [-0.25, -0.2) is 9.97 Å². The molecule has 2 heterocycles. The highest BCUT2D eigenvalue weighted by Crippen LogP contribution is 2.25. The molecule has 0 fully saturated rings. The summed E-state index contributed by atoms with van der Waals surface area (Å²) in [5, 5.41) is 5.91. The van der Waals surface area contributed by atoms with Crippen LogP contribution < -0.4 is 5.01 Å². The fourth-order valence-electron chi connectivity index (χ4n) is 1.84. The van der Waals surface area contributed by atoms with Crippen molar-refractivity contribution in [1.82, 2.24) is 9.97 Å². The summed E-state index contributed by atoms with van der Waals surface area (Å²) in [7, 11) is 0. The number of hydrazone groups is 1. The molecule has 94 valence electrons. The quantitative estimate of drug-likeness (QED) is 0.842. The molecular formula is C13H9ClN4O. The van der Waals surface area contributed by atoms with E-state index in [4.69, 9.17) is 11.6 Å². The smallest absolute Gasteiger partial charge is 0.263 e. The molecule has 19 heavy (non-hydrogen) atoms. The highest BCUT2D eigenvalue weighted by Gasteiger charge is 2.32. The lowest BCUT2D eigenvalue weighted by Gasteiger charge is -2.11. The van der Waals surface area contributed by atoms with Crippen LogP contribution >= 0.6 is 11.6 Å². The molecule has 0 aliphatic carbocycles. The first-order valence-corrected chi connectivity index (χ1v) is 6.04. The van der Waals surface area contributed by atoms with Crippen LogP contribution in [0.15, 0.2) is 47.8 Å². The minimum Gasteiger partial charge on any atom is -0.271 e. The Kier molecular flexibility index (Phi) is 2.97. The van der Waals surface area contributed by atoms with Gasteiger partial charge >= 0.3 is 0 Å². The van der Waals surface area contributed by atoms with E-state index in [1.165, 1.54) is 5.01 Å². The van der Waals surface area contributed by atoms with E-state index in [9.17, 15) is 4.79 Å². The van der Waals surface area contributed by atoms with Gasteiger partial charge in [-0.3, -0.25) is 4.79 Å². The normalized spacial score (nSPS) is 18.1. The SMILES string of the molecule is O=C1C(c2ccc(Cl)cc2)C=NN1c1ncccn1. The minimum atomic E-state index is -0.416. The monoisotopic (exact) mass is 272 g/mol. The van der Waals surface area contributed by atoms with Crippen LogP contribution in [0.25, 0.3) is 0 Å². The van der Waals surface area contributed by atoms with E-state index in [0.717, 1.165) is 5.56 Å². The Morgan fingerprint density at radius 1 is 1.11 bits per heavy atom. The molecule has 0 saturated heterocycles. The summed E-state index contributed by atoms with van der Waals surface area (Å²) < 4.78 is 0. The molecule has 1 amide bonds. The van der Waals surface area contributed by atoms with Gasteiger partial charge in [0.05, 0.1) is 0 Å². The summed E-state index contributed by atoms with van der Waals surface area (Å²) in [6.07, 6.45) is 4.73. The second-order valence-corrected chi connectivity index (χ2v) is 4.43. The Hall–Kier alpha value is -2.27. The Labute approximate surface area is 114 Å². The molecule has 1 aromatic heterocycles. The minimum absolute atomic E-state index is 0.173. The van der Waals surface area contributed by atoms with Gasteiger partial charge in [-0.15, -0.1) is 0 Å². The van der Waals surface area contributed by atoms with Crippen molar-refractivity contribution in [2.24, 2.45) is 5.10 Å². The molecule has 5 nitrogen and oxygen atoms in total. The number of hydrogen-bond donors (Lipinski definition) is 0. The van der Waals surface area contributed by atoms with Gasteiger partial charge in [0.2, 0.25) is 0 Å². The van der Waals surface area contributed by atoms with Gasteiger partial charge in [-0.05, 0) is 23.8 Å². The molecule has 3 rings (SSSR count). The Morgan fingerprint density at radius 2 is 1.79 bits per heavy atom. The van der Waals surface area contributed by atoms with Gasteiger partial charge in [0, 0.05) is 23.6 Å². The number of carbonyl (C=O) groups excluding carboxylic acids is 1. The van der Waals surface area contributed by atoms with E-state index in [-0.39, 0.29) is 11.9 Å². The van der Waals surface area contributed by atoms with Gasteiger partial charge in [0.25, 0.3) is 11.9 Å². The number of amides is 1. The second kappa shape index (κ2) is 4.78. The van der Waals surface area contributed by atoms with Crippen LogP contribution in [-0.4, -0.2) is 22.1 Å². The van der Waals surface area contributed by atoms with E-state index in [1.54, 1.807) is 36.8 Å². The summed E-state index contributed by atoms with van der Waals surface area (Å²) in [6.45, 7) is 0. The van der Waals surface area contributed by atoms with Gasteiger partial charge in [0.15, 0.2) is 0 Å². The van der Waals surface area contributed by atoms with Crippen LogP contribution in [0.4, 0.5) is 5.95 Å². The molecule has 1 aromatic carbocycles. The predicted molar refractivity (Wildman–Crippen MR) is 72.2 cm³/mol. The third-order valence-corrected chi connectivity index (χ3v) is 3.03. The first-order chi connectivity index (χ1) is 9.25. The van der Waals surface area contributed by atoms with Gasteiger partial charge in [-0.2, -0.15) is 10.1 Å². The lowest BCUT2D eigenvalue weighted by atomic mass is 10.0. The first-order valence-electron chi connectivity index (χ1n) is 5.66. The number of rotatable bonds is 2. The van der Waals surface area contributed by atoms with E-state index >= 15 is 0 Å². The molecule has 0 radical (unpaired) electrons. The third kappa shape index (κ3) is 2.20. The van der Waals surface area contributed by atoms with Crippen molar-refractivity contribution in [2.75, 3.05) is 5.01 Å². The molecule has 0 bridgehead atoms. The topological polar surface area (TPSA) is 58.5 Å². The molecule has 2 aromatic rings. The number of nitrogens with zero attached hydrogens (tertiary/aromatic N) is 4. The van der Waals surface area contributed by atoms with Crippen molar-refractivity contribution in [1.29, 1.82) is 0 Å². The van der Waals surface area contributed by atoms with Crippen LogP contribution in [-0.2, 0) is 4.79 Å². The zero-order valence-corrected chi connectivity index (χ0v) is 10.5. The number of hydrogen-bond acceptors (Lipinski definition) is 4. The molecule has 0 spiro atoms. The number of benzene rings is 1. The molecule has 1 unspecified atom stereocenters. The average molecular weight is 273 g/mol. The number of aromatic nitrogens is 2. The standard InChI is InChI=1S/C13H9ClN4O/c14-10-4-2-9(3-5-10)11-8-17-18(12(11)19)13-15-6-1-7-16-13/h1-8,11H. The second-order valence-electron chi connectivity index (χ2n) is 3.99. The van der Waals surface area contributed by atoms with Crippen LogP contribution in [0, 0.1) is 0 Å². The van der Waals surface area contributed by atoms with E-state index in [1.807, 2.05) is 12.1 Å². The van der Waals surface area contributed by atoms with Crippen molar-refractivity contribution in [3.05, 3.63) is 53.3 Å². The molecule has 1 aliphatic heterocycles. The maximum Gasteiger partial charge on any atom is 0.263 e. The number of halogens is 1. The average Bonchev–Trinajstić information content (AvgIpc) is 2.83. The maximum atomic E-state index is 12.3. The van der Waals surface area contributed by atoms with Gasteiger partial charge < -0.3 is 0 Å². The molecule has 0 N–H and O–H groups in total. The molecule has 1 aliphatic rings. The van der Waals surface area contributed by atoms with E-state index in [0.29, 0.717) is 5.02 Å². The van der Waals surface area contributed by atoms with Crippen LogP contribution in [0.5, 0.6) is 0 Å². The maximum absolute atomic E-state index is 12.3. The lowest BCUT2D eigenvalue weighted by molar-refractivity contribution is -0.118. The van der Waals surface area contributed by atoms with E-state index < -0.39 is 5.92 Å². The fraction of sp³-hybridized carbons (Fsp3) is 0.0769. The van der Waals surface area contributed by atoms with Crippen LogP contribution in [0.1, 0.15) is 11.5 Å². The molecule has 1 atom stereocenters. The summed E-state index contributed by atoms with van der Waals surface area (Å²) >= 11 is 5.83.